The van der Waals surface area contributed by atoms with Gasteiger partial charge in [-0.05, 0) is 63.1 Å². The summed E-state index contributed by atoms with van der Waals surface area (Å²) in [6.45, 7) is 10.4. The predicted molar refractivity (Wildman–Crippen MR) is 115 cm³/mol. The van der Waals surface area contributed by atoms with Gasteiger partial charge in [0.25, 0.3) is 0 Å². The van der Waals surface area contributed by atoms with E-state index in [2.05, 4.69) is 32.9 Å². The molecule has 3 atom stereocenters. The van der Waals surface area contributed by atoms with Crippen molar-refractivity contribution in [2.24, 2.45) is 11.8 Å². The lowest BCUT2D eigenvalue weighted by molar-refractivity contribution is -0.161. The van der Waals surface area contributed by atoms with Gasteiger partial charge in [0, 0.05) is 11.8 Å². The number of allylic oxidation sites excluding steroid dienone is 2. The minimum absolute atomic E-state index is 0.0299. The van der Waals surface area contributed by atoms with E-state index < -0.39 is 17.5 Å². The molecule has 6 nitrogen and oxygen atoms in total. The number of methoxy groups -OCH3 is 1. The first-order valence-corrected chi connectivity index (χ1v) is 11.1. The van der Waals surface area contributed by atoms with Crippen molar-refractivity contribution in [2.45, 2.75) is 71.7 Å². The van der Waals surface area contributed by atoms with Crippen molar-refractivity contribution in [3.8, 4) is 0 Å². The zero-order valence-corrected chi connectivity index (χ0v) is 19.3. The molecule has 0 bridgehead atoms. The van der Waals surface area contributed by atoms with Crippen LogP contribution in [0.1, 0.15) is 62.8 Å². The minimum Gasteiger partial charge on any atom is -0.437 e. The van der Waals surface area contributed by atoms with E-state index in [4.69, 9.17) is 18.9 Å². The van der Waals surface area contributed by atoms with E-state index in [1.54, 1.807) is 0 Å². The standard InChI is InChI=1S/C25H32O6/c1-7-15-9-14(3)10-16(8-2)19(15)20-21(26)17-11-25(13-29-24(4,5)31-25)12-18(17)22(20)30-23(27)28-6/h9-10,17-18H,7-8,11-13H2,1-6H3/t17-,18?,25-/m1/s1. The van der Waals surface area contributed by atoms with Crippen LogP contribution in [0.5, 0.6) is 0 Å². The maximum absolute atomic E-state index is 13.8. The quantitative estimate of drug-likeness (QED) is 0.645. The van der Waals surface area contributed by atoms with Gasteiger partial charge < -0.3 is 18.9 Å². The molecular formula is C25H32O6. The summed E-state index contributed by atoms with van der Waals surface area (Å²) < 4.78 is 22.6. The highest BCUT2D eigenvalue weighted by Crippen LogP contribution is 2.56. The second-order valence-corrected chi connectivity index (χ2v) is 9.42. The van der Waals surface area contributed by atoms with Crippen molar-refractivity contribution >= 4 is 17.5 Å². The average Bonchev–Trinajstić information content (AvgIpc) is 3.32. The number of ketones is 1. The van der Waals surface area contributed by atoms with Gasteiger partial charge >= 0.3 is 6.16 Å². The van der Waals surface area contributed by atoms with Gasteiger partial charge in [0.15, 0.2) is 11.6 Å². The van der Waals surface area contributed by atoms with Crippen LogP contribution in [0.3, 0.4) is 0 Å². The van der Waals surface area contributed by atoms with Gasteiger partial charge in [0.1, 0.15) is 5.76 Å². The summed E-state index contributed by atoms with van der Waals surface area (Å²) in [5.41, 5.74) is 4.30. The summed E-state index contributed by atoms with van der Waals surface area (Å²) in [5, 5.41) is 0. The molecule has 168 valence electrons. The Bertz CT molecular complexity index is 934. The first kappa shape index (κ1) is 22.0. The number of benzene rings is 1. The molecule has 31 heavy (non-hydrogen) atoms. The largest absolute Gasteiger partial charge is 0.513 e. The molecule has 1 spiro atoms. The average molecular weight is 429 g/mol. The smallest absolute Gasteiger partial charge is 0.437 e. The molecule has 1 aliphatic heterocycles. The Morgan fingerprint density at radius 1 is 1.13 bits per heavy atom. The van der Waals surface area contributed by atoms with E-state index in [0.29, 0.717) is 30.8 Å². The number of ether oxygens (including phenoxy) is 4. The number of hydrogen-bond donors (Lipinski definition) is 0. The molecule has 1 unspecified atom stereocenters. The maximum atomic E-state index is 13.8. The van der Waals surface area contributed by atoms with Gasteiger partial charge in [0.05, 0.1) is 24.9 Å². The molecule has 1 aromatic carbocycles. The molecule has 0 amide bonds. The highest BCUT2D eigenvalue weighted by atomic mass is 16.8. The number of fused-ring (bicyclic) bond motifs is 1. The number of aryl methyl sites for hydroxylation is 3. The molecule has 1 saturated heterocycles. The van der Waals surface area contributed by atoms with Gasteiger partial charge in [-0.25, -0.2) is 4.79 Å². The molecule has 0 aromatic heterocycles. The van der Waals surface area contributed by atoms with E-state index in [9.17, 15) is 9.59 Å². The summed E-state index contributed by atoms with van der Waals surface area (Å²) >= 11 is 0. The zero-order valence-electron chi connectivity index (χ0n) is 19.3. The number of carbonyl (C=O) groups is 2. The highest BCUT2D eigenvalue weighted by molar-refractivity contribution is 6.26. The molecular weight excluding hydrogens is 396 g/mol. The van der Waals surface area contributed by atoms with Crippen LogP contribution < -0.4 is 0 Å². The van der Waals surface area contributed by atoms with Crippen LogP contribution in [0.2, 0.25) is 0 Å². The van der Waals surface area contributed by atoms with Crippen LogP contribution in [0.25, 0.3) is 5.57 Å². The number of carbonyl (C=O) groups excluding carboxylic acids is 2. The van der Waals surface area contributed by atoms with Crippen molar-refractivity contribution in [2.75, 3.05) is 13.7 Å². The third-order valence-electron chi connectivity index (χ3n) is 6.80. The Morgan fingerprint density at radius 2 is 1.74 bits per heavy atom. The van der Waals surface area contributed by atoms with E-state index >= 15 is 0 Å². The molecule has 2 fully saturated rings. The lowest BCUT2D eigenvalue weighted by Gasteiger charge is -2.26. The molecule has 3 aliphatic rings. The minimum atomic E-state index is -0.797. The zero-order chi connectivity index (χ0) is 22.6. The van der Waals surface area contributed by atoms with Crippen LogP contribution in [0.4, 0.5) is 4.79 Å². The van der Waals surface area contributed by atoms with E-state index in [-0.39, 0.29) is 17.6 Å². The Hall–Kier alpha value is -2.18. The van der Waals surface area contributed by atoms with Crippen LogP contribution in [0.15, 0.2) is 17.9 Å². The van der Waals surface area contributed by atoms with Crippen molar-refractivity contribution in [3.63, 3.8) is 0 Å². The van der Waals surface area contributed by atoms with E-state index in [0.717, 1.165) is 35.1 Å². The molecule has 4 rings (SSSR count). The summed E-state index contributed by atoms with van der Waals surface area (Å²) in [6.07, 6.45) is 1.92. The van der Waals surface area contributed by atoms with Crippen molar-refractivity contribution < 1.29 is 28.5 Å². The molecule has 1 saturated carbocycles. The SMILES string of the molecule is CCc1cc(C)cc(CC)c1C1=C(OC(=O)OC)C2C[C@@]3(COC(C)(C)O3)C[C@H]2C1=O. The Balaban J connectivity index is 1.84. The third-order valence-corrected chi connectivity index (χ3v) is 6.80. The molecule has 2 aliphatic carbocycles. The van der Waals surface area contributed by atoms with Crippen LogP contribution in [0, 0.1) is 18.8 Å². The lowest BCUT2D eigenvalue weighted by Crippen LogP contribution is -2.32. The van der Waals surface area contributed by atoms with Gasteiger partial charge in [0.2, 0.25) is 0 Å². The van der Waals surface area contributed by atoms with Crippen LogP contribution >= 0.6 is 0 Å². The van der Waals surface area contributed by atoms with Crippen LogP contribution in [-0.4, -0.2) is 37.0 Å². The number of hydrogen-bond acceptors (Lipinski definition) is 6. The fourth-order valence-corrected chi connectivity index (χ4v) is 5.62. The molecule has 1 heterocycles. The second kappa shape index (κ2) is 7.75. The third kappa shape index (κ3) is 3.70. The molecule has 6 heteroatoms. The fraction of sp³-hybridized carbons (Fsp3) is 0.600. The monoisotopic (exact) mass is 428 g/mol. The van der Waals surface area contributed by atoms with Crippen molar-refractivity contribution in [3.05, 3.63) is 40.1 Å². The molecule has 0 N–H and O–H groups in total. The topological polar surface area (TPSA) is 71.1 Å². The summed E-state index contributed by atoms with van der Waals surface area (Å²) in [7, 11) is 1.28. The fourth-order valence-electron chi connectivity index (χ4n) is 5.62. The number of rotatable bonds is 4. The van der Waals surface area contributed by atoms with Crippen molar-refractivity contribution in [1.82, 2.24) is 0 Å². The van der Waals surface area contributed by atoms with Gasteiger partial charge in [-0.2, -0.15) is 0 Å². The van der Waals surface area contributed by atoms with Gasteiger partial charge in [-0.3, -0.25) is 4.79 Å². The summed E-state index contributed by atoms with van der Waals surface area (Å²) in [4.78, 5) is 26.0. The lowest BCUT2D eigenvalue weighted by atomic mass is 9.86. The van der Waals surface area contributed by atoms with Gasteiger partial charge in [-0.1, -0.05) is 31.5 Å². The Labute approximate surface area is 183 Å². The van der Waals surface area contributed by atoms with Crippen LogP contribution in [-0.2, 0) is 36.6 Å². The normalized spacial score (nSPS) is 29.0. The highest BCUT2D eigenvalue weighted by Gasteiger charge is 2.60. The molecule has 1 aromatic rings. The van der Waals surface area contributed by atoms with Gasteiger partial charge in [-0.15, -0.1) is 0 Å². The first-order chi connectivity index (χ1) is 14.6. The predicted octanol–water partition coefficient (Wildman–Crippen LogP) is 4.74. The molecule has 0 radical (unpaired) electrons. The Kier molecular flexibility index (Phi) is 5.51. The summed E-state index contributed by atoms with van der Waals surface area (Å²) in [6, 6.07) is 4.24. The van der Waals surface area contributed by atoms with Crippen molar-refractivity contribution in [1.29, 1.82) is 0 Å². The second-order valence-electron chi connectivity index (χ2n) is 9.42. The Morgan fingerprint density at radius 3 is 2.26 bits per heavy atom. The number of Topliss-reactive ketones (excluding diaryl/α,β-unsaturated/α-hetero) is 1. The first-order valence-electron chi connectivity index (χ1n) is 11.1. The maximum Gasteiger partial charge on any atom is 0.513 e. The van der Waals surface area contributed by atoms with E-state index in [1.165, 1.54) is 7.11 Å². The van der Waals surface area contributed by atoms with E-state index in [1.807, 2.05) is 13.8 Å². The summed E-state index contributed by atoms with van der Waals surface area (Å²) in [5.74, 6) is -0.737.